The van der Waals surface area contributed by atoms with Gasteiger partial charge in [-0.25, -0.2) is 4.79 Å². The smallest absolute Gasteiger partial charge is 0.378 e. The Labute approximate surface area is 138 Å². The number of aliphatic carboxylic acids is 1. The number of ether oxygens (including phenoxy) is 1. The fourth-order valence-electron chi connectivity index (χ4n) is 4.99. The van der Waals surface area contributed by atoms with Crippen molar-refractivity contribution >= 4 is 17.7 Å². The van der Waals surface area contributed by atoms with E-state index in [-0.39, 0.29) is 23.5 Å². The minimum absolute atomic E-state index is 0.179. The molecule has 4 aliphatic rings. The van der Waals surface area contributed by atoms with E-state index < -0.39 is 35.3 Å². The van der Waals surface area contributed by atoms with Gasteiger partial charge in [-0.05, 0) is 43.9 Å². The molecule has 134 valence electrons. The normalized spacial score (nSPS) is 36.0. The number of Topliss-reactive ketones (excluding diaryl/α,β-unsaturated/α-hetero) is 1. The predicted octanol–water partition coefficient (Wildman–Crippen LogP) is 2.67. The van der Waals surface area contributed by atoms with Gasteiger partial charge in [0.05, 0.1) is 5.41 Å². The molecule has 7 heteroatoms. The van der Waals surface area contributed by atoms with E-state index >= 15 is 0 Å². The van der Waals surface area contributed by atoms with Gasteiger partial charge in [-0.3, -0.25) is 9.59 Å². The number of halogens is 2. The summed E-state index contributed by atoms with van der Waals surface area (Å²) in [4.78, 5) is 35.7. The molecule has 1 N–H and O–H groups in total. The summed E-state index contributed by atoms with van der Waals surface area (Å²) in [7, 11) is 0. The second-order valence-electron chi connectivity index (χ2n) is 8.02. The molecule has 0 aliphatic heterocycles. The van der Waals surface area contributed by atoms with Crippen LogP contribution >= 0.6 is 0 Å². The van der Waals surface area contributed by atoms with Crippen LogP contribution in [0.1, 0.15) is 46.0 Å². The van der Waals surface area contributed by atoms with Gasteiger partial charge in [0.25, 0.3) is 0 Å². The molecule has 5 nitrogen and oxygen atoms in total. The Morgan fingerprint density at radius 2 is 1.75 bits per heavy atom. The summed E-state index contributed by atoms with van der Waals surface area (Å²) in [5.74, 6) is -7.94. The molecule has 0 amide bonds. The van der Waals surface area contributed by atoms with E-state index in [1.165, 1.54) is 13.8 Å². The molecule has 4 fully saturated rings. The van der Waals surface area contributed by atoms with Crippen LogP contribution < -0.4 is 0 Å². The summed E-state index contributed by atoms with van der Waals surface area (Å²) < 4.78 is 32.9. The zero-order valence-corrected chi connectivity index (χ0v) is 13.8. The first kappa shape index (κ1) is 17.3. The van der Waals surface area contributed by atoms with Crippen LogP contribution in [0.25, 0.3) is 0 Å². The van der Waals surface area contributed by atoms with Gasteiger partial charge in [0.2, 0.25) is 0 Å². The highest BCUT2D eigenvalue weighted by Gasteiger charge is 2.61. The topological polar surface area (TPSA) is 80.7 Å². The SMILES string of the molecule is CC(C)C(OC(=O)C12CC3CC(C1)C(=O)C(C3)C2)C(F)(F)C(=O)O. The van der Waals surface area contributed by atoms with Gasteiger partial charge in [0.1, 0.15) is 5.78 Å². The van der Waals surface area contributed by atoms with Crippen LogP contribution in [-0.4, -0.2) is 34.9 Å². The summed E-state index contributed by atoms with van der Waals surface area (Å²) in [5.41, 5.74) is -0.897. The third-order valence-electron chi connectivity index (χ3n) is 5.91. The van der Waals surface area contributed by atoms with Crippen molar-refractivity contribution in [2.24, 2.45) is 29.1 Å². The van der Waals surface area contributed by atoms with Crippen molar-refractivity contribution in [2.75, 3.05) is 0 Å². The first-order chi connectivity index (χ1) is 11.1. The van der Waals surface area contributed by atoms with Crippen LogP contribution in [0.15, 0.2) is 0 Å². The summed E-state index contributed by atoms with van der Waals surface area (Å²) in [6.07, 6.45) is 0.774. The molecule has 4 rings (SSSR count). The van der Waals surface area contributed by atoms with E-state index in [0.29, 0.717) is 19.3 Å². The predicted molar refractivity (Wildman–Crippen MR) is 78.3 cm³/mol. The van der Waals surface area contributed by atoms with Crippen LogP contribution in [0.4, 0.5) is 8.78 Å². The van der Waals surface area contributed by atoms with Crippen molar-refractivity contribution in [3.63, 3.8) is 0 Å². The third-order valence-corrected chi connectivity index (χ3v) is 5.91. The number of carbonyl (C=O) groups is 3. The molecule has 0 saturated heterocycles. The van der Waals surface area contributed by atoms with Crippen molar-refractivity contribution in [1.29, 1.82) is 0 Å². The van der Waals surface area contributed by atoms with Gasteiger partial charge < -0.3 is 9.84 Å². The molecule has 4 saturated carbocycles. The van der Waals surface area contributed by atoms with E-state index in [4.69, 9.17) is 9.84 Å². The Bertz CT molecular complexity index is 568. The van der Waals surface area contributed by atoms with Crippen LogP contribution in [0.3, 0.4) is 0 Å². The molecule has 3 unspecified atom stereocenters. The van der Waals surface area contributed by atoms with Gasteiger partial charge in [-0.2, -0.15) is 8.78 Å². The van der Waals surface area contributed by atoms with E-state index in [1.807, 2.05) is 0 Å². The number of esters is 1. The average molecular weight is 344 g/mol. The maximum atomic E-state index is 13.9. The minimum atomic E-state index is -4.14. The molecule has 4 aliphatic carbocycles. The van der Waals surface area contributed by atoms with E-state index in [2.05, 4.69) is 0 Å². The van der Waals surface area contributed by atoms with Crippen molar-refractivity contribution < 1.29 is 33.0 Å². The Balaban J connectivity index is 1.81. The maximum Gasteiger partial charge on any atom is 0.378 e. The lowest BCUT2D eigenvalue weighted by Gasteiger charge is -2.54. The van der Waals surface area contributed by atoms with Gasteiger partial charge in [0.15, 0.2) is 6.10 Å². The van der Waals surface area contributed by atoms with Crippen molar-refractivity contribution in [3.8, 4) is 0 Å². The third kappa shape index (κ3) is 2.52. The summed E-state index contributed by atoms with van der Waals surface area (Å²) in [6.45, 7) is 2.80. The monoisotopic (exact) mass is 344 g/mol. The lowest BCUT2D eigenvalue weighted by Crippen LogP contribution is -2.56. The highest BCUT2D eigenvalue weighted by Crippen LogP contribution is 2.59. The second kappa shape index (κ2) is 5.49. The van der Waals surface area contributed by atoms with Crippen LogP contribution in [0.2, 0.25) is 0 Å². The van der Waals surface area contributed by atoms with Crippen molar-refractivity contribution in [2.45, 2.75) is 58.0 Å². The molecule has 0 heterocycles. The molecule has 0 spiro atoms. The van der Waals surface area contributed by atoms with E-state index in [0.717, 1.165) is 12.8 Å². The fourth-order valence-corrected chi connectivity index (χ4v) is 4.99. The molecule has 0 aromatic heterocycles. The molecule has 3 atom stereocenters. The summed E-state index contributed by atoms with van der Waals surface area (Å²) >= 11 is 0. The number of hydrogen-bond acceptors (Lipinski definition) is 4. The number of carboxylic acids is 1. The van der Waals surface area contributed by atoms with Crippen LogP contribution in [0.5, 0.6) is 0 Å². The van der Waals surface area contributed by atoms with Crippen molar-refractivity contribution in [1.82, 2.24) is 0 Å². The molecular formula is C17H22F2O5. The lowest BCUT2D eigenvalue weighted by atomic mass is 9.49. The molecule has 0 aromatic rings. The Morgan fingerprint density at radius 1 is 1.21 bits per heavy atom. The molecule has 4 bridgehead atoms. The molecule has 24 heavy (non-hydrogen) atoms. The molecule has 0 radical (unpaired) electrons. The number of hydrogen-bond donors (Lipinski definition) is 1. The fraction of sp³-hybridized carbons (Fsp3) is 0.824. The first-order valence-electron chi connectivity index (χ1n) is 8.43. The Hall–Kier alpha value is -1.53. The number of alkyl halides is 2. The molecular weight excluding hydrogens is 322 g/mol. The van der Waals surface area contributed by atoms with Crippen molar-refractivity contribution in [3.05, 3.63) is 0 Å². The maximum absolute atomic E-state index is 13.9. The van der Waals surface area contributed by atoms with Gasteiger partial charge in [0, 0.05) is 11.8 Å². The summed E-state index contributed by atoms with van der Waals surface area (Å²) in [6, 6.07) is 0. The molecule has 0 aromatic carbocycles. The Morgan fingerprint density at radius 3 is 2.21 bits per heavy atom. The summed E-state index contributed by atoms with van der Waals surface area (Å²) in [5, 5.41) is 8.76. The first-order valence-corrected chi connectivity index (χ1v) is 8.43. The van der Waals surface area contributed by atoms with Gasteiger partial charge in [-0.1, -0.05) is 13.8 Å². The zero-order chi connectivity index (χ0) is 17.9. The van der Waals surface area contributed by atoms with E-state index in [1.54, 1.807) is 0 Å². The Kier molecular flexibility index (Phi) is 3.96. The number of carboxylic acid groups (broad SMARTS) is 1. The number of ketones is 1. The number of carbonyl (C=O) groups excluding carboxylic acids is 2. The standard InChI is InChI=1S/C17H22F2O5/c1-8(2)13(17(18,19)14(21)22)24-15(23)16-5-9-3-10(6-16)12(20)11(4-9)7-16/h8-11,13H,3-7H2,1-2H3,(H,21,22). The zero-order valence-electron chi connectivity index (χ0n) is 13.8. The highest BCUT2D eigenvalue weighted by atomic mass is 19.3. The largest absolute Gasteiger partial charge is 0.477 e. The quantitative estimate of drug-likeness (QED) is 0.776. The lowest BCUT2D eigenvalue weighted by molar-refractivity contribution is -0.210. The van der Waals surface area contributed by atoms with Gasteiger partial charge in [-0.15, -0.1) is 0 Å². The number of rotatable bonds is 5. The minimum Gasteiger partial charge on any atom is -0.477 e. The highest BCUT2D eigenvalue weighted by molar-refractivity contribution is 5.90. The average Bonchev–Trinajstić information content (AvgIpc) is 2.48. The van der Waals surface area contributed by atoms with Crippen LogP contribution in [0, 0.1) is 29.1 Å². The second-order valence-corrected chi connectivity index (χ2v) is 8.02. The van der Waals surface area contributed by atoms with E-state index in [9.17, 15) is 23.2 Å². The van der Waals surface area contributed by atoms with Crippen LogP contribution in [-0.2, 0) is 19.1 Å². The van der Waals surface area contributed by atoms with Gasteiger partial charge >= 0.3 is 17.9 Å².